The first-order valence-electron chi connectivity index (χ1n) is 8.16. The van der Waals surface area contributed by atoms with E-state index in [1.807, 2.05) is 37.3 Å². The van der Waals surface area contributed by atoms with E-state index in [2.05, 4.69) is 20.1 Å². The van der Waals surface area contributed by atoms with Crippen molar-refractivity contribution in [1.82, 2.24) is 20.1 Å². The Kier molecular flexibility index (Phi) is 5.43. The molecule has 1 aliphatic rings. The second-order valence-electron chi connectivity index (χ2n) is 5.79. The fraction of sp³-hybridized carbons (Fsp3) is 0.471. The Bertz CT molecular complexity index is 672. The van der Waals surface area contributed by atoms with Gasteiger partial charge in [-0.3, -0.25) is 4.79 Å². The molecule has 0 bridgehead atoms. The number of carbonyl (C=O) groups is 1. The first kappa shape index (κ1) is 16.4. The van der Waals surface area contributed by atoms with Gasteiger partial charge in [0.15, 0.2) is 0 Å². The number of hydrogen-bond acceptors (Lipinski definition) is 5. The Balaban J connectivity index is 1.32. The molecule has 0 saturated carbocycles. The molecule has 0 unspecified atom stereocenters. The zero-order valence-electron chi connectivity index (χ0n) is 13.8. The maximum Gasteiger partial charge on any atom is 0.246 e. The largest absolute Gasteiger partial charge is 0.491 e. The van der Waals surface area contributed by atoms with Gasteiger partial charge in [0.25, 0.3) is 0 Å². The molecule has 1 amide bonds. The first-order valence-corrected chi connectivity index (χ1v) is 8.16. The van der Waals surface area contributed by atoms with Crippen molar-refractivity contribution in [1.29, 1.82) is 0 Å². The SMILES string of the molecule is Cc1nnc2n1C[C@H](NC(=O)COCCOc1ccccc1)CC2. The van der Waals surface area contributed by atoms with Crippen LogP contribution in [0.2, 0.25) is 0 Å². The zero-order chi connectivity index (χ0) is 16.8. The predicted octanol–water partition coefficient (Wildman–Crippen LogP) is 1.11. The number of carbonyl (C=O) groups excluding carboxylic acids is 1. The molecular weight excluding hydrogens is 308 g/mol. The lowest BCUT2D eigenvalue weighted by atomic mass is 10.1. The molecule has 1 N–H and O–H groups in total. The average Bonchev–Trinajstić information content (AvgIpc) is 2.96. The van der Waals surface area contributed by atoms with E-state index < -0.39 is 0 Å². The van der Waals surface area contributed by atoms with Gasteiger partial charge < -0.3 is 19.4 Å². The van der Waals surface area contributed by atoms with Gasteiger partial charge >= 0.3 is 0 Å². The monoisotopic (exact) mass is 330 g/mol. The molecule has 0 spiro atoms. The van der Waals surface area contributed by atoms with Gasteiger partial charge in [-0.15, -0.1) is 10.2 Å². The number of aromatic nitrogens is 3. The van der Waals surface area contributed by atoms with Crippen LogP contribution < -0.4 is 10.1 Å². The molecule has 2 aromatic rings. The number of rotatable bonds is 7. The molecule has 1 aromatic carbocycles. The van der Waals surface area contributed by atoms with E-state index in [1.165, 1.54) is 0 Å². The van der Waals surface area contributed by atoms with Crippen LogP contribution in [0.1, 0.15) is 18.1 Å². The highest BCUT2D eigenvalue weighted by Crippen LogP contribution is 2.14. The summed E-state index contributed by atoms with van der Waals surface area (Å²) in [5, 5.41) is 11.2. The number of para-hydroxylation sites is 1. The number of ether oxygens (including phenoxy) is 2. The maximum absolute atomic E-state index is 12.0. The van der Waals surface area contributed by atoms with Crippen LogP contribution in [0.5, 0.6) is 5.75 Å². The van der Waals surface area contributed by atoms with Gasteiger partial charge in [-0.05, 0) is 25.5 Å². The summed E-state index contributed by atoms with van der Waals surface area (Å²) in [6.07, 6.45) is 1.71. The normalized spacial score (nSPS) is 16.5. The van der Waals surface area contributed by atoms with Crippen molar-refractivity contribution >= 4 is 5.91 Å². The third-order valence-electron chi connectivity index (χ3n) is 3.97. The molecule has 24 heavy (non-hydrogen) atoms. The Morgan fingerprint density at radius 2 is 2.12 bits per heavy atom. The Morgan fingerprint density at radius 1 is 1.29 bits per heavy atom. The smallest absolute Gasteiger partial charge is 0.246 e. The molecule has 3 rings (SSSR count). The number of benzene rings is 1. The molecule has 0 aliphatic carbocycles. The van der Waals surface area contributed by atoms with E-state index in [9.17, 15) is 4.79 Å². The van der Waals surface area contributed by atoms with Gasteiger partial charge in [-0.25, -0.2) is 0 Å². The number of hydrogen-bond donors (Lipinski definition) is 1. The summed E-state index contributed by atoms with van der Waals surface area (Å²) >= 11 is 0. The van der Waals surface area contributed by atoms with E-state index in [1.54, 1.807) is 0 Å². The molecule has 0 radical (unpaired) electrons. The van der Waals surface area contributed by atoms with Gasteiger partial charge in [0.1, 0.15) is 30.6 Å². The summed E-state index contributed by atoms with van der Waals surface area (Å²) in [4.78, 5) is 12.0. The van der Waals surface area contributed by atoms with Crippen molar-refractivity contribution in [3.05, 3.63) is 42.0 Å². The predicted molar refractivity (Wildman–Crippen MR) is 87.8 cm³/mol. The van der Waals surface area contributed by atoms with Crippen LogP contribution in [0, 0.1) is 6.92 Å². The number of amides is 1. The van der Waals surface area contributed by atoms with E-state index in [4.69, 9.17) is 9.47 Å². The molecule has 2 heterocycles. The molecule has 128 valence electrons. The minimum atomic E-state index is -0.103. The lowest BCUT2D eigenvalue weighted by Crippen LogP contribution is -2.42. The van der Waals surface area contributed by atoms with Gasteiger partial charge in [-0.2, -0.15) is 0 Å². The van der Waals surface area contributed by atoms with Crippen LogP contribution in [-0.4, -0.2) is 46.5 Å². The second kappa shape index (κ2) is 7.92. The van der Waals surface area contributed by atoms with Crippen molar-refractivity contribution in [3.8, 4) is 5.75 Å². The van der Waals surface area contributed by atoms with Crippen LogP contribution in [0.15, 0.2) is 30.3 Å². The summed E-state index contributed by atoms with van der Waals surface area (Å²) in [7, 11) is 0. The van der Waals surface area contributed by atoms with Crippen LogP contribution in [0.25, 0.3) is 0 Å². The third kappa shape index (κ3) is 4.32. The van der Waals surface area contributed by atoms with Crippen molar-refractivity contribution in [2.24, 2.45) is 0 Å². The number of nitrogens with zero attached hydrogens (tertiary/aromatic N) is 3. The van der Waals surface area contributed by atoms with Gasteiger partial charge in [0.05, 0.1) is 6.61 Å². The standard InChI is InChI=1S/C17H22N4O3/c1-13-19-20-16-8-7-14(11-21(13)16)18-17(22)12-23-9-10-24-15-5-3-2-4-6-15/h2-6,14H,7-12H2,1H3,(H,18,22)/t14-/m1/s1. The minimum absolute atomic E-state index is 0.0443. The van der Waals surface area contributed by atoms with Crippen LogP contribution in [0.3, 0.4) is 0 Å². The van der Waals surface area contributed by atoms with Crippen LogP contribution >= 0.6 is 0 Å². The highest BCUT2D eigenvalue weighted by atomic mass is 16.5. The van der Waals surface area contributed by atoms with Gasteiger partial charge in [0.2, 0.25) is 5.91 Å². The molecule has 0 fully saturated rings. The molecule has 0 saturated heterocycles. The maximum atomic E-state index is 12.0. The molecule has 1 atom stereocenters. The zero-order valence-corrected chi connectivity index (χ0v) is 13.8. The van der Waals surface area contributed by atoms with Gasteiger partial charge in [0, 0.05) is 19.0 Å². The summed E-state index contributed by atoms with van der Waals surface area (Å²) in [6, 6.07) is 9.63. The number of nitrogens with one attached hydrogen (secondary N) is 1. The fourth-order valence-corrected chi connectivity index (χ4v) is 2.75. The average molecular weight is 330 g/mol. The van der Waals surface area contributed by atoms with Crippen LogP contribution in [-0.2, 0) is 22.5 Å². The molecule has 1 aliphatic heterocycles. The Hall–Kier alpha value is -2.41. The summed E-state index contributed by atoms with van der Waals surface area (Å²) in [5.74, 6) is 2.58. The molecule has 7 nitrogen and oxygen atoms in total. The van der Waals surface area contributed by atoms with Gasteiger partial charge in [-0.1, -0.05) is 18.2 Å². The summed E-state index contributed by atoms with van der Waals surface area (Å²) < 4.78 is 12.9. The minimum Gasteiger partial charge on any atom is -0.491 e. The molecule has 1 aromatic heterocycles. The summed E-state index contributed by atoms with van der Waals surface area (Å²) in [6.45, 7) is 3.49. The topological polar surface area (TPSA) is 78.3 Å². The molecular formula is C17H22N4O3. The second-order valence-corrected chi connectivity index (χ2v) is 5.79. The lowest BCUT2D eigenvalue weighted by molar-refractivity contribution is -0.126. The van der Waals surface area contributed by atoms with Crippen molar-refractivity contribution in [2.75, 3.05) is 19.8 Å². The van der Waals surface area contributed by atoms with E-state index in [0.717, 1.165) is 36.8 Å². The number of aryl methyl sites for hydroxylation is 2. The Morgan fingerprint density at radius 3 is 2.96 bits per heavy atom. The van der Waals surface area contributed by atoms with Crippen molar-refractivity contribution in [3.63, 3.8) is 0 Å². The van der Waals surface area contributed by atoms with E-state index in [-0.39, 0.29) is 18.6 Å². The van der Waals surface area contributed by atoms with E-state index in [0.29, 0.717) is 13.2 Å². The van der Waals surface area contributed by atoms with E-state index >= 15 is 0 Å². The van der Waals surface area contributed by atoms with Crippen molar-refractivity contribution in [2.45, 2.75) is 32.4 Å². The van der Waals surface area contributed by atoms with Crippen LogP contribution in [0.4, 0.5) is 0 Å². The first-order chi connectivity index (χ1) is 11.7. The Labute approximate surface area is 141 Å². The highest BCUT2D eigenvalue weighted by molar-refractivity contribution is 5.77. The third-order valence-corrected chi connectivity index (χ3v) is 3.97. The quantitative estimate of drug-likeness (QED) is 0.770. The highest BCUT2D eigenvalue weighted by Gasteiger charge is 2.22. The fourth-order valence-electron chi connectivity index (χ4n) is 2.75. The van der Waals surface area contributed by atoms with Crippen molar-refractivity contribution < 1.29 is 14.3 Å². The lowest BCUT2D eigenvalue weighted by Gasteiger charge is -2.24. The number of fused-ring (bicyclic) bond motifs is 1. The summed E-state index contributed by atoms with van der Waals surface area (Å²) in [5.41, 5.74) is 0. The molecule has 7 heteroatoms.